The topological polar surface area (TPSA) is 90.2 Å². The average Bonchev–Trinajstić information content (AvgIpc) is 3.11. The van der Waals surface area contributed by atoms with Crippen molar-refractivity contribution in [2.75, 3.05) is 12.4 Å². The van der Waals surface area contributed by atoms with E-state index in [2.05, 4.69) is 31.2 Å². The van der Waals surface area contributed by atoms with Crippen LogP contribution in [0.25, 0.3) is 0 Å². The third-order valence-corrected chi connectivity index (χ3v) is 6.43. The van der Waals surface area contributed by atoms with Crippen LogP contribution in [0.5, 0.6) is 0 Å². The van der Waals surface area contributed by atoms with Crippen LogP contribution in [0.2, 0.25) is 0 Å². The molecule has 3 rings (SSSR count). The van der Waals surface area contributed by atoms with Crippen molar-refractivity contribution in [3.8, 4) is 0 Å². The fraction of sp³-hybridized carbons (Fsp3) is 0.455. The Hall–Kier alpha value is -1.41. The van der Waals surface area contributed by atoms with Crippen molar-refractivity contribution < 1.29 is 25.2 Å². The molecular weight excluding hydrogens is 376 g/mol. The fourth-order valence-corrected chi connectivity index (χ4v) is 4.74. The van der Waals surface area contributed by atoms with Crippen molar-refractivity contribution in [3.05, 3.63) is 64.7 Å². The molecule has 2 aromatic carbocycles. The SMILES string of the molecule is CCc1ccc(C2CSc3ccc(C(OC(CO)C(C)O)C(O)O)cc32)cc1. The van der Waals surface area contributed by atoms with E-state index in [-0.39, 0.29) is 5.92 Å². The van der Waals surface area contributed by atoms with Crippen LogP contribution in [0.15, 0.2) is 47.4 Å². The predicted molar refractivity (Wildman–Crippen MR) is 109 cm³/mol. The van der Waals surface area contributed by atoms with Gasteiger partial charge in [0.15, 0.2) is 6.29 Å². The van der Waals surface area contributed by atoms with E-state index in [1.54, 1.807) is 11.8 Å². The van der Waals surface area contributed by atoms with Gasteiger partial charge in [-0.1, -0.05) is 43.3 Å². The van der Waals surface area contributed by atoms with Gasteiger partial charge in [-0.2, -0.15) is 0 Å². The lowest BCUT2D eigenvalue weighted by Crippen LogP contribution is -2.35. The minimum Gasteiger partial charge on any atom is -0.394 e. The highest BCUT2D eigenvalue weighted by atomic mass is 32.2. The van der Waals surface area contributed by atoms with E-state index in [0.717, 1.165) is 17.7 Å². The zero-order valence-corrected chi connectivity index (χ0v) is 17.0. The molecule has 4 unspecified atom stereocenters. The van der Waals surface area contributed by atoms with Gasteiger partial charge < -0.3 is 25.2 Å². The Morgan fingerprint density at radius 1 is 1.11 bits per heavy atom. The van der Waals surface area contributed by atoms with E-state index < -0.39 is 31.2 Å². The summed E-state index contributed by atoms with van der Waals surface area (Å²) in [5.74, 6) is 1.16. The number of aliphatic hydroxyl groups excluding tert-OH is 3. The number of ether oxygens (including phenoxy) is 1. The minimum absolute atomic E-state index is 0.229. The summed E-state index contributed by atoms with van der Waals surface area (Å²) in [5.41, 5.74) is 4.29. The standard InChI is InChI=1S/C22H28O5S/c1-3-14-4-6-15(7-5-14)18-12-28-20-9-8-16(10-17(18)20)21(22(25)26)27-19(11-23)13(2)24/h4-10,13,18-19,21-26H,3,11-12H2,1-2H3. The molecule has 0 aliphatic carbocycles. The molecule has 6 heteroatoms. The summed E-state index contributed by atoms with van der Waals surface area (Å²) in [7, 11) is 0. The van der Waals surface area contributed by atoms with Gasteiger partial charge >= 0.3 is 0 Å². The maximum atomic E-state index is 9.84. The molecule has 0 radical (unpaired) electrons. The van der Waals surface area contributed by atoms with E-state index in [1.165, 1.54) is 22.9 Å². The zero-order chi connectivity index (χ0) is 20.3. The maximum Gasteiger partial charge on any atom is 0.182 e. The highest BCUT2D eigenvalue weighted by molar-refractivity contribution is 7.99. The first-order valence-corrected chi connectivity index (χ1v) is 10.6. The largest absolute Gasteiger partial charge is 0.394 e. The predicted octanol–water partition coefficient (Wildman–Crippen LogP) is 2.60. The molecule has 0 amide bonds. The van der Waals surface area contributed by atoms with E-state index >= 15 is 0 Å². The van der Waals surface area contributed by atoms with Gasteiger partial charge in [-0.15, -0.1) is 11.8 Å². The van der Waals surface area contributed by atoms with Gasteiger partial charge in [-0.05, 0) is 41.7 Å². The zero-order valence-electron chi connectivity index (χ0n) is 16.2. The second kappa shape index (κ2) is 9.39. The number of rotatable bonds is 8. The Balaban J connectivity index is 1.90. The molecule has 1 aliphatic heterocycles. The Labute approximate surface area is 170 Å². The summed E-state index contributed by atoms with van der Waals surface area (Å²) in [6.07, 6.45) is -3.63. The van der Waals surface area contributed by atoms with Crippen molar-refractivity contribution in [1.29, 1.82) is 0 Å². The molecule has 4 atom stereocenters. The monoisotopic (exact) mass is 404 g/mol. The molecule has 152 valence electrons. The summed E-state index contributed by atoms with van der Waals surface area (Å²) in [6.45, 7) is 3.22. The second-order valence-electron chi connectivity index (χ2n) is 7.19. The van der Waals surface area contributed by atoms with Gasteiger partial charge in [0.2, 0.25) is 0 Å². The van der Waals surface area contributed by atoms with Crippen LogP contribution in [-0.4, -0.2) is 51.3 Å². The number of benzene rings is 2. The number of hydrogen-bond donors (Lipinski definition) is 4. The second-order valence-corrected chi connectivity index (χ2v) is 8.25. The van der Waals surface area contributed by atoms with Gasteiger partial charge in [0.05, 0.1) is 12.7 Å². The molecule has 0 bridgehead atoms. The lowest BCUT2D eigenvalue weighted by atomic mass is 9.90. The molecule has 0 saturated heterocycles. The first-order valence-electron chi connectivity index (χ1n) is 9.60. The highest BCUT2D eigenvalue weighted by Crippen LogP contribution is 2.44. The average molecular weight is 405 g/mol. The Morgan fingerprint density at radius 3 is 2.39 bits per heavy atom. The number of thioether (sulfide) groups is 1. The third-order valence-electron chi connectivity index (χ3n) is 5.24. The summed E-state index contributed by atoms with van der Waals surface area (Å²) < 4.78 is 5.63. The van der Waals surface area contributed by atoms with Crippen LogP contribution in [0.4, 0.5) is 0 Å². The molecule has 28 heavy (non-hydrogen) atoms. The molecule has 2 aromatic rings. The third kappa shape index (κ3) is 4.59. The maximum absolute atomic E-state index is 9.84. The van der Waals surface area contributed by atoms with Crippen LogP contribution >= 0.6 is 11.8 Å². The number of fused-ring (bicyclic) bond motifs is 1. The van der Waals surface area contributed by atoms with E-state index in [0.29, 0.717) is 5.56 Å². The molecular formula is C22H28O5S. The van der Waals surface area contributed by atoms with Crippen molar-refractivity contribution in [2.24, 2.45) is 0 Å². The van der Waals surface area contributed by atoms with E-state index in [4.69, 9.17) is 4.74 Å². The molecule has 0 aromatic heterocycles. The molecule has 0 fully saturated rings. The normalized spacial score (nSPS) is 19.5. The summed E-state index contributed by atoms with van der Waals surface area (Å²) in [6, 6.07) is 14.4. The number of aliphatic hydroxyl groups is 4. The lowest BCUT2D eigenvalue weighted by molar-refractivity contribution is -0.188. The van der Waals surface area contributed by atoms with Crippen LogP contribution < -0.4 is 0 Å². The Morgan fingerprint density at radius 2 is 1.82 bits per heavy atom. The van der Waals surface area contributed by atoms with Crippen LogP contribution in [0.3, 0.4) is 0 Å². The lowest BCUT2D eigenvalue weighted by Gasteiger charge is -2.27. The Bertz CT molecular complexity index is 775. The quantitative estimate of drug-likeness (QED) is 0.506. The van der Waals surface area contributed by atoms with Crippen molar-refractivity contribution >= 4 is 11.8 Å². The molecule has 4 N–H and O–H groups in total. The van der Waals surface area contributed by atoms with Crippen LogP contribution in [-0.2, 0) is 11.2 Å². The van der Waals surface area contributed by atoms with Crippen molar-refractivity contribution in [1.82, 2.24) is 0 Å². The summed E-state index contributed by atoms with van der Waals surface area (Å²) in [5, 5.41) is 38.8. The molecule has 0 spiro atoms. The molecule has 5 nitrogen and oxygen atoms in total. The van der Waals surface area contributed by atoms with Gasteiger partial charge in [0.25, 0.3) is 0 Å². The van der Waals surface area contributed by atoms with E-state index in [9.17, 15) is 20.4 Å². The van der Waals surface area contributed by atoms with Gasteiger partial charge in [-0.3, -0.25) is 0 Å². The fourth-order valence-electron chi connectivity index (χ4n) is 3.49. The molecule has 0 saturated carbocycles. The first kappa shape index (κ1) is 21.3. The van der Waals surface area contributed by atoms with Gasteiger partial charge in [0, 0.05) is 16.6 Å². The summed E-state index contributed by atoms with van der Waals surface area (Å²) in [4.78, 5) is 1.17. The number of aryl methyl sites for hydroxylation is 1. The van der Waals surface area contributed by atoms with Gasteiger partial charge in [-0.25, -0.2) is 0 Å². The van der Waals surface area contributed by atoms with Crippen molar-refractivity contribution in [2.45, 2.75) is 55.7 Å². The van der Waals surface area contributed by atoms with Crippen LogP contribution in [0, 0.1) is 0 Å². The first-order chi connectivity index (χ1) is 13.4. The smallest absolute Gasteiger partial charge is 0.182 e. The highest BCUT2D eigenvalue weighted by Gasteiger charge is 2.30. The van der Waals surface area contributed by atoms with E-state index in [1.807, 2.05) is 18.2 Å². The molecule has 1 heterocycles. The summed E-state index contributed by atoms with van der Waals surface area (Å²) >= 11 is 1.79. The van der Waals surface area contributed by atoms with Gasteiger partial charge in [0.1, 0.15) is 12.2 Å². The van der Waals surface area contributed by atoms with Crippen molar-refractivity contribution in [3.63, 3.8) is 0 Å². The molecule has 1 aliphatic rings. The minimum atomic E-state index is -1.76. The number of hydrogen-bond acceptors (Lipinski definition) is 6. The van der Waals surface area contributed by atoms with Crippen LogP contribution in [0.1, 0.15) is 48.1 Å². The Kier molecular flexibility index (Phi) is 7.15.